The van der Waals surface area contributed by atoms with Crippen LogP contribution in [-0.4, -0.2) is 22.2 Å². The second-order valence-corrected chi connectivity index (χ2v) is 2.24. The number of carboxylic acids is 2. The second kappa shape index (κ2) is 9.94. The Morgan fingerprint density at radius 3 is 1.58 bits per heavy atom. The lowest BCUT2D eigenvalue weighted by molar-refractivity contribution is -0.137. The first-order valence-electron chi connectivity index (χ1n) is 3.98. The van der Waals surface area contributed by atoms with Crippen molar-refractivity contribution in [1.82, 2.24) is 0 Å². The first-order chi connectivity index (χ1) is 5.54. The lowest BCUT2D eigenvalue weighted by Gasteiger charge is -1.85. The van der Waals surface area contributed by atoms with Gasteiger partial charge >= 0.3 is 11.9 Å². The Morgan fingerprint density at radius 1 is 1.08 bits per heavy atom. The molecular formula is C8H16O4. The molecule has 0 atom stereocenters. The van der Waals surface area contributed by atoms with Gasteiger partial charge in [0.1, 0.15) is 0 Å². The lowest BCUT2D eigenvalue weighted by atomic mass is 10.3. The van der Waals surface area contributed by atoms with E-state index >= 15 is 0 Å². The molecule has 0 aromatic heterocycles. The van der Waals surface area contributed by atoms with Gasteiger partial charge in [-0.25, -0.2) is 0 Å². The van der Waals surface area contributed by atoms with Gasteiger partial charge in [0.15, 0.2) is 0 Å². The van der Waals surface area contributed by atoms with Crippen LogP contribution in [-0.2, 0) is 9.59 Å². The van der Waals surface area contributed by atoms with Crippen molar-refractivity contribution in [3.63, 3.8) is 0 Å². The van der Waals surface area contributed by atoms with Crippen molar-refractivity contribution >= 4 is 11.9 Å². The molecule has 0 saturated heterocycles. The Balaban J connectivity index is 0. The molecule has 4 nitrogen and oxygen atoms in total. The van der Waals surface area contributed by atoms with E-state index in [0.29, 0.717) is 6.42 Å². The molecule has 0 amide bonds. The van der Waals surface area contributed by atoms with Crippen LogP contribution in [0, 0.1) is 0 Å². The third-order valence-corrected chi connectivity index (χ3v) is 1.05. The van der Waals surface area contributed by atoms with E-state index in [9.17, 15) is 9.59 Å². The number of hydrogen-bond acceptors (Lipinski definition) is 2. The summed E-state index contributed by atoms with van der Waals surface area (Å²) in [4.78, 5) is 19.1. The molecular weight excluding hydrogens is 160 g/mol. The molecule has 0 rings (SSSR count). The molecule has 0 spiro atoms. The number of aliphatic carboxylic acids is 2. The Kier molecular flexibility index (Phi) is 11.2. The Bertz CT molecular complexity index is 131. The summed E-state index contributed by atoms with van der Waals surface area (Å²) in [5.74, 6) is -1.44. The van der Waals surface area contributed by atoms with Crippen molar-refractivity contribution in [1.29, 1.82) is 0 Å². The van der Waals surface area contributed by atoms with Crippen molar-refractivity contribution in [3.05, 3.63) is 0 Å². The maximum atomic E-state index is 9.76. The van der Waals surface area contributed by atoms with E-state index in [1.54, 1.807) is 6.92 Å². The third kappa shape index (κ3) is 23.1. The minimum atomic E-state index is -0.745. The largest absolute Gasteiger partial charge is 0.481 e. The Morgan fingerprint density at radius 2 is 1.50 bits per heavy atom. The number of carboxylic acid groups (broad SMARTS) is 2. The fraction of sp³-hybridized carbons (Fsp3) is 0.750. The molecule has 0 saturated carbocycles. The molecule has 0 aromatic carbocycles. The van der Waals surface area contributed by atoms with E-state index in [1.165, 1.54) is 0 Å². The summed E-state index contributed by atoms with van der Waals surface area (Å²) in [7, 11) is 0. The molecule has 0 heterocycles. The highest BCUT2D eigenvalue weighted by atomic mass is 16.4. The summed E-state index contributed by atoms with van der Waals surface area (Å²) < 4.78 is 0. The van der Waals surface area contributed by atoms with Crippen LogP contribution in [0.4, 0.5) is 0 Å². The van der Waals surface area contributed by atoms with Crippen LogP contribution in [0.5, 0.6) is 0 Å². The Hall–Kier alpha value is -1.06. The number of rotatable bonds is 4. The van der Waals surface area contributed by atoms with Gasteiger partial charge in [0, 0.05) is 12.8 Å². The maximum Gasteiger partial charge on any atom is 0.303 e. The van der Waals surface area contributed by atoms with Crippen molar-refractivity contribution < 1.29 is 19.8 Å². The summed E-state index contributed by atoms with van der Waals surface area (Å²) in [5, 5.41) is 15.8. The standard InChI is InChI=1S/C5H10O2.C3H6O2/c1-2-3-4-5(6)7;1-2-3(4)5/h2-4H2,1H3,(H,6,7);2H2,1H3,(H,4,5). The van der Waals surface area contributed by atoms with Crippen molar-refractivity contribution in [2.24, 2.45) is 0 Å². The van der Waals surface area contributed by atoms with Crippen LogP contribution in [0.2, 0.25) is 0 Å². The van der Waals surface area contributed by atoms with Crippen molar-refractivity contribution in [2.75, 3.05) is 0 Å². The summed E-state index contributed by atoms with van der Waals surface area (Å²) in [6.45, 7) is 3.57. The first-order valence-corrected chi connectivity index (χ1v) is 3.98. The van der Waals surface area contributed by atoms with Gasteiger partial charge in [-0.2, -0.15) is 0 Å². The van der Waals surface area contributed by atoms with Crippen LogP contribution in [0.3, 0.4) is 0 Å². The van der Waals surface area contributed by atoms with Gasteiger partial charge in [0.05, 0.1) is 0 Å². The van der Waals surface area contributed by atoms with E-state index in [-0.39, 0.29) is 6.42 Å². The van der Waals surface area contributed by atoms with Crippen LogP contribution >= 0.6 is 0 Å². The van der Waals surface area contributed by atoms with Crippen LogP contribution < -0.4 is 0 Å². The summed E-state index contributed by atoms with van der Waals surface area (Å²) in [5.41, 5.74) is 0. The summed E-state index contributed by atoms with van der Waals surface area (Å²) >= 11 is 0. The highest BCUT2D eigenvalue weighted by Crippen LogP contribution is 1.91. The van der Waals surface area contributed by atoms with Gasteiger partial charge < -0.3 is 10.2 Å². The SMILES string of the molecule is CCC(=O)O.CCCCC(=O)O. The minimum absolute atomic E-state index is 0.222. The van der Waals surface area contributed by atoms with Crippen LogP contribution in [0.25, 0.3) is 0 Å². The molecule has 0 aromatic rings. The molecule has 72 valence electrons. The summed E-state index contributed by atoms with van der Waals surface area (Å²) in [6.07, 6.45) is 2.30. The third-order valence-electron chi connectivity index (χ3n) is 1.05. The highest BCUT2D eigenvalue weighted by Gasteiger charge is 1.90. The smallest absolute Gasteiger partial charge is 0.303 e. The van der Waals surface area contributed by atoms with Gasteiger partial charge in [-0.1, -0.05) is 20.3 Å². The lowest BCUT2D eigenvalue weighted by Crippen LogP contribution is -1.91. The monoisotopic (exact) mass is 176 g/mol. The molecule has 0 aliphatic carbocycles. The fourth-order valence-corrected chi connectivity index (χ4v) is 0.328. The topological polar surface area (TPSA) is 74.6 Å². The number of unbranched alkanes of at least 4 members (excludes halogenated alkanes) is 1. The summed E-state index contributed by atoms with van der Waals surface area (Å²) in [6, 6.07) is 0. The second-order valence-electron chi connectivity index (χ2n) is 2.24. The van der Waals surface area contributed by atoms with Crippen molar-refractivity contribution in [3.8, 4) is 0 Å². The number of hydrogen-bond donors (Lipinski definition) is 2. The van der Waals surface area contributed by atoms with E-state index < -0.39 is 11.9 Å². The van der Waals surface area contributed by atoms with E-state index in [2.05, 4.69) is 0 Å². The Labute approximate surface area is 72.2 Å². The molecule has 2 N–H and O–H groups in total. The first kappa shape index (κ1) is 13.5. The van der Waals surface area contributed by atoms with Gasteiger partial charge in [-0.05, 0) is 6.42 Å². The fourth-order valence-electron chi connectivity index (χ4n) is 0.328. The zero-order chi connectivity index (χ0) is 9.98. The molecule has 0 bridgehead atoms. The van der Waals surface area contributed by atoms with Crippen LogP contribution in [0.1, 0.15) is 39.5 Å². The normalized spacial score (nSPS) is 8.17. The van der Waals surface area contributed by atoms with E-state index in [1.807, 2.05) is 6.92 Å². The van der Waals surface area contributed by atoms with E-state index in [4.69, 9.17) is 10.2 Å². The van der Waals surface area contributed by atoms with E-state index in [0.717, 1.165) is 12.8 Å². The van der Waals surface area contributed by atoms with Crippen molar-refractivity contribution in [2.45, 2.75) is 39.5 Å². The zero-order valence-corrected chi connectivity index (χ0v) is 7.54. The predicted molar refractivity (Wildman–Crippen MR) is 45.1 cm³/mol. The molecule has 0 unspecified atom stereocenters. The molecule has 0 radical (unpaired) electrons. The average molecular weight is 176 g/mol. The predicted octanol–water partition coefficient (Wildman–Crippen LogP) is 1.74. The molecule has 0 aliphatic rings. The minimum Gasteiger partial charge on any atom is -0.481 e. The molecule has 4 heteroatoms. The highest BCUT2D eigenvalue weighted by molar-refractivity contribution is 5.66. The van der Waals surface area contributed by atoms with Gasteiger partial charge in [-0.15, -0.1) is 0 Å². The molecule has 12 heavy (non-hydrogen) atoms. The van der Waals surface area contributed by atoms with Gasteiger partial charge in [-0.3, -0.25) is 9.59 Å². The van der Waals surface area contributed by atoms with Gasteiger partial charge in [0.2, 0.25) is 0 Å². The van der Waals surface area contributed by atoms with Gasteiger partial charge in [0.25, 0.3) is 0 Å². The zero-order valence-electron chi connectivity index (χ0n) is 7.54. The quantitative estimate of drug-likeness (QED) is 0.684. The van der Waals surface area contributed by atoms with Crippen LogP contribution in [0.15, 0.2) is 0 Å². The average Bonchev–Trinajstić information content (AvgIpc) is 2.02. The number of carbonyl (C=O) groups is 2. The molecule has 0 fully saturated rings. The molecule has 0 aliphatic heterocycles. The maximum absolute atomic E-state index is 9.76.